The van der Waals surface area contributed by atoms with Crippen molar-refractivity contribution in [2.75, 3.05) is 9.80 Å². The molecule has 5 nitrogen and oxygen atoms in total. The molecule has 4 aromatic rings. The van der Waals surface area contributed by atoms with Gasteiger partial charge in [-0.15, -0.1) is 0 Å². The molecule has 2 heterocycles. The lowest BCUT2D eigenvalue weighted by molar-refractivity contribution is 0.0926. The Balaban J connectivity index is 1.49. The van der Waals surface area contributed by atoms with Gasteiger partial charge in [0.15, 0.2) is 11.5 Å². The van der Waals surface area contributed by atoms with Gasteiger partial charge in [0.1, 0.15) is 0 Å². The lowest BCUT2D eigenvalue weighted by atomic mass is 10.1. The zero-order chi connectivity index (χ0) is 20.9. The summed E-state index contributed by atoms with van der Waals surface area (Å²) < 4.78 is 6.08. The molecule has 2 amide bonds. The van der Waals surface area contributed by atoms with Crippen LogP contribution in [0.15, 0.2) is 97.1 Å². The number of nitrogens with zero attached hydrogens (tertiary/aromatic N) is 2. The van der Waals surface area contributed by atoms with E-state index in [0.29, 0.717) is 16.8 Å². The van der Waals surface area contributed by atoms with Crippen molar-refractivity contribution in [1.82, 2.24) is 0 Å². The summed E-state index contributed by atoms with van der Waals surface area (Å²) in [5.74, 6) is 0.876. The molecule has 0 fully saturated rings. The molecule has 0 saturated carbocycles. The van der Waals surface area contributed by atoms with Crippen LogP contribution in [0, 0.1) is 0 Å². The minimum absolute atomic E-state index is 0.305. The minimum atomic E-state index is -0.305. The highest BCUT2D eigenvalue weighted by molar-refractivity contribution is 6.34. The van der Waals surface area contributed by atoms with E-state index < -0.39 is 0 Å². The maximum atomic E-state index is 13.0. The second kappa shape index (κ2) is 6.57. The molecule has 0 bridgehead atoms. The summed E-state index contributed by atoms with van der Waals surface area (Å²) in [6, 6.07) is 30.0. The molecule has 0 aromatic heterocycles. The van der Waals surface area contributed by atoms with E-state index in [1.165, 1.54) is 4.90 Å². The molecule has 6 rings (SSSR count). The molecule has 0 unspecified atom stereocenters. The average molecular weight is 404 g/mol. The number of para-hydroxylation sites is 4. The summed E-state index contributed by atoms with van der Waals surface area (Å²) in [4.78, 5) is 29.2. The van der Waals surface area contributed by atoms with E-state index in [1.807, 2.05) is 66.7 Å². The highest BCUT2D eigenvalue weighted by Crippen LogP contribution is 2.50. The molecule has 0 spiro atoms. The summed E-state index contributed by atoms with van der Waals surface area (Å²) >= 11 is 0. The van der Waals surface area contributed by atoms with Crippen LogP contribution in [0.3, 0.4) is 0 Å². The standard InChI is InChI=1S/C26H16N2O3/c29-25-19-10-1-2-11-20(19)26(30)28(25)18-9-7-8-17(16-18)27-21-12-3-5-14-23(21)31-24-15-6-4-13-22(24)27/h1-16H. The summed E-state index contributed by atoms with van der Waals surface area (Å²) in [5.41, 5.74) is 4.00. The first-order valence-corrected chi connectivity index (χ1v) is 9.96. The molecule has 0 saturated heterocycles. The van der Waals surface area contributed by atoms with E-state index in [4.69, 9.17) is 4.74 Å². The van der Waals surface area contributed by atoms with Gasteiger partial charge in [-0.1, -0.05) is 42.5 Å². The van der Waals surface area contributed by atoms with Crippen molar-refractivity contribution in [2.45, 2.75) is 0 Å². The van der Waals surface area contributed by atoms with Crippen LogP contribution in [0.25, 0.3) is 0 Å². The van der Waals surface area contributed by atoms with Crippen LogP contribution >= 0.6 is 0 Å². The predicted octanol–water partition coefficient (Wildman–Crippen LogP) is 6.06. The maximum absolute atomic E-state index is 13.0. The normalized spacial score (nSPS) is 14.1. The van der Waals surface area contributed by atoms with Gasteiger partial charge in [0.2, 0.25) is 0 Å². The molecular weight excluding hydrogens is 388 g/mol. The molecule has 148 valence electrons. The third-order valence-corrected chi connectivity index (χ3v) is 5.57. The number of rotatable bonds is 2. The van der Waals surface area contributed by atoms with Crippen LogP contribution in [0.5, 0.6) is 11.5 Å². The van der Waals surface area contributed by atoms with E-state index in [9.17, 15) is 9.59 Å². The lowest BCUT2D eigenvalue weighted by Crippen LogP contribution is -2.29. The third kappa shape index (κ3) is 2.57. The van der Waals surface area contributed by atoms with Crippen LogP contribution in [-0.2, 0) is 0 Å². The summed E-state index contributed by atoms with van der Waals surface area (Å²) in [5, 5.41) is 0. The van der Waals surface area contributed by atoms with Crippen molar-refractivity contribution >= 4 is 34.6 Å². The summed E-state index contributed by atoms with van der Waals surface area (Å²) in [6.07, 6.45) is 0. The van der Waals surface area contributed by atoms with Crippen LogP contribution in [0.2, 0.25) is 0 Å². The van der Waals surface area contributed by atoms with Gasteiger partial charge in [0, 0.05) is 5.69 Å². The second-order valence-corrected chi connectivity index (χ2v) is 7.38. The number of benzene rings is 4. The largest absolute Gasteiger partial charge is 0.453 e. The highest BCUT2D eigenvalue weighted by Gasteiger charge is 2.36. The van der Waals surface area contributed by atoms with E-state index in [1.54, 1.807) is 30.3 Å². The van der Waals surface area contributed by atoms with Gasteiger partial charge in [-0.25, -0.2) is 4.90 Å². The van der Waals surface area contributed by atoms with Crippen LogP contribution < -0.4 is 14.5 Å². The van der Waals surface area contributed by atoms with Crippen molar-refractivity contribution in [3.8, 4) is 11.5 Å². The topological polar surface area (TPSA) is 49.9 Å². The first kappa shape index (κ1) is 17.5. The summed E-state index contributed by atoms with van der Waals surface area (Å²) in [6.45, 7) is 0. The Bertz CT molecular complexity index is 1300. The minimum Gasteiger partial charge on any atom is -0.453 e. The van der Waals surface area contributed by atoms with Gasteiger partial charge in [-0.05, 0) is 54.6 Å². The predicted molar refractivity (Wildman–Crippen MR) is 119 cm³/mol. The maximum Gasteiger partial charge on any atom is 0.266 e. The SMILES string of the molecule is O=C1c2ccccc2C(=O)N1c1cccc(N2c3ccccc3Oc3ccccc32)c1. The van der Waals surface area contributed by atoms with Crippen LogP contribution in [0.1, 0.15) is 20.7 Å². The number of ether oxygens (including phenoxy) is 1. The number of hydrogen-bond acceptors (Lipinski definition) is 4. The van der Waals surface area contributed by atoms with Gasteiger partial charge >= 0.3 is 0 Å². The van der Waals surface area contributed by atoms with Crippen molar-refractivity contribution in [1.29, 1.82) is 0 Å². The third-order valence-electron chi connectivity index (χ3n) is 5.57. The number of hydrogen-bond donors (Lipinski definition) is 0. The van der Waals surface area contributed by atoms with E-state index in [0.717, 1.165) is 28.6 Å². The fourth-order valence-corrected chi connectivity index (χ4v) is 4.18. The van der Waals surface area contributed by atoms with Gasteiger partial charge < -0.3 is 9.64 Å². The molecule has 4 aromatic carbocycles. The Morgan fingerprint density at radius 1 is 0.516 bits per heavy atom. The Morgan fingerprint density at radius 3 is 1.58 bits per heavy atom. The molecular formula is C26H16N2O3. The van der Waals surface area contributed by atoms with E-state index in [-0.39, 0.29) is 11.8 Å². The molecule has 0 aliphatic carbocycles. The first-order chi connectivity index (χ1) is 15.2. The smallest absolute Gasteiger partial charge is 0.266 e. The zero-order valence-electron chi connectivity index (χ0n) is 16.4. The number of amides is 2. The lowest BCUT2D eigenvalue weighted by Gasteiger charge is -2.33. The molecule has 0 atom stereocenters. The number of fused-ring (bicyclic) bond motifs is 3. The molecule has 0 radical (unpaired) electrons. The molecule has 0 N–H and O–H groups in total. The summed E-state index contributed by atoms with van der Waals surface area (Å²) in [7, 11) is 0. The highest BCUT2D eigenvalue weighted by atomic mass is 16.5. The van der Waals surface area contributed by atoms with Gasteiger partial charge in [-0.2, -0.15) is 0 Å². The number of anilines is 4. The second-order valence-electron chi connectivity index (χ2n) is 7.38. The van der Waals surface area contributed by atoms with Gasteiger partial charge in [-0.3, -0.25) is 9.59 Å². The van der Waals surface area contributed by atoms with E-state index >= 15 is 0 Å². The van der Waals surface area contributed by atoms with Crippen LogP contribution in [0.4, 0.5) is 22.7 Å². The zero-order valence-corrected chi connectivity index (χ0v) is 16.4. The molecule has 5 heteroatoms. The van der Waals surface area contributed by atoms with Crippen molar-refractivity contribution in [3.63, 3.8) is 0 Å². The molecule has 31 heavy (non-hydrogen) atoms. The van der Waals surface area contributed by atoms with Gasteiger partial charge in [0.25, 0.3) is 11.8 Å². The first-order valence-electron chi connectivity index (χ1n) is 9.96. The quantitative estimate of drug-likeness (QED) is 0.336. The molecule has 2 aliphatic rings. The fraction of sp³-hybridized carbons (Fsp3) is 0. The Hall–Kier alpha value is -4.38. The number of imide groups is 1. The van der Waals surface area contributed by atoms with Crippen LogP contribution in [-0.4, -0.2) is 11.8 Å². The monoisotopic (exact) mass is 404 g/mol. The van der Waals surface area contributed by atoms with Crippen molar-refractivity contribution < 1.29 is 14.3 Å². The molecule has 2 aliphatic heterocycles. The van der Waals surface area contributed by atoms with Crippen molar-refractivity contribution in [3.05, 3.63) is 108 Å². The Kier molecular flexibility index (Phi) is 3.70. The van der Waals surface area contributed by atoms with E-state index in [2.05, 4.69) is 4.90 Å². The Morgan fingerprint density at radius 2 is 1.00 bits per heavy atom. The van der Waals surface area contributed by atoms with Crippen molar-refractivity contribution in [2.24, 2.45) is 0 Å². The Labute approximate surface area is 178 Å². The average Bonchev–Trinajstić information content (AvgIpc) is 3.07. The van der Waals surface area contributed by atoms with Gasteiger partial charge in [0.05, 0.1) is 28.2 Å². The number of carbonyl (C=O) groups excluding carboxylic acids is 2. The fourth-order valence-electron chi connectivity index (χ4n) is 4.18. The number of carbonyl (C=O) groups is 2.